The van der Waals surface area contributed by atoms with Gasteiger partial charge in [-0.15, -0.1) is 11.3 Å². The zero-order valence-corrected chi connectivity index (χ0v) is 18.0. The van der Waals surface area contributed by atoms with Gasteiger partial charge in [0.2, 0.25) is 0 Å². The largest absolute Gasteiger partial charge is 0.494 e. The van der Waals surface area contributed by atoms with E-state index >= 15 is 0 Å². The normalized spacial score (nSPS) is 10.9. The lowest BCUT2D eigenvalue weighted by molar-refractivity contribution is 0.413. The molecule has 2 aromatic heterocycles. The first-order valence-electron chi connectivity index (χ1n) is 9.18. The molecule has 0 aliphatic carbocycles. The monoisotopic (exact) mass is 424 g/mol. The van der Waals surface area contributed by atoms with Crippen LogP contribution >= 0.6 is 22.9 Å². The summed E-state index contributed by atoms with van der Waals surface area (Å²) in [5, 5.41) is 5.00. The minimum atomic E-state index is 0.753. The Labute approximate surface area is 179 Å². The number of thiazole rings is 1. The summed E-state index contributed by atoms with van der Waals surface area (Å²) < 4.78 is 7.54. The van der Waals surface area contributed by atoms with Crippen molar-refractivity contribution in [3.05, 3.63) is 81.8 Å². The fraction of sp³-hybridized carbons (Fsp3) is 0.182. The Bertz CT molecular complexity index is 1150. The first-order chi connectivity index (χ1) is 14.0. The molecule has 0 radical (unpaired) electrons. The molecule has 29 heavy (non-hydrogen) atoms. The standard InChI is InChI=1S/C22H21ClN4OS/c1-14-12-27(13-24-14)19-8-7-18(11-20(19)28-3)26-22-25-15(2)21(29-22)10-16-5-4-6-17(23)9-16/h4-9,11-13H,10H2,1-3H3,(H,25,26). The number of methoxy groups -OCH3 is 1. The third kappa shape index (κ3) is 4.44. The van der Waals surface area contributed by atoms with Crippen molar-refractivity contribution in [3.8, 4) is 11.4 Å². The van der Waals surface area contributed by atoms with Crippen molar-refractivity contribution < 1.29 is 4.74 Å². The van der Waals surface area contributed by atoms with Crippen molar-refractivity contribution in [1.82, 2.24) is 14.5 Å². The lowest BCUT2D eigenvalue weighted by Crippen LogP contribution is -1.97. The van der Waals surface area contributed by atoms with Crippen molar-refractivity contribution in [2.24, 2.45) is 0 Å². The van der Waals surface area contributed by atoms with E-state index in [0.717, 1.165) is 45.1 Å². The maximum Gasteiger partial charge on any atom is 0.187 e. The van der Waals surface area contributed by atoms with E-state index in [1.807, 2.05) is 61.0 Å². The zero-order valence-electron chi connectivity index (χ0n) is 16.4. The molecule has 7 heteroatoms. The quantitative estimate of drug-likeness (QED) is 0.416. The Balaban J connectivity index is 1.55. The Morgan fingerprint density at radius 1 is 1.17 bits per heavy atom. The van der Waals surface area contributed by atoms with Crippen molar-refractivity contribution in [2.45, 2.75) is 20.3 Å². The highest BCUT2D eigenvalue weighted by molar-refractivity contribution is 7.15. The number of imidazole rings is 1. The van der Waals surface area contributed by atoms with Gasteiger partial charge in [-0.3, -0.25) is 0 Å². The molecule has 0 aliphatic rings. The molecule has 0 saturated heterocycles. The van der Waals surface area contributed by atoms with Crippen molar-refractivity contribution in [2.75, 3.05) is 12.4 Å². The molecule has 0 spiro atoms. The molecular weight excluding hydrogens is 404 g/mol. The summed E-state index contributed by atoms with van der Waals surface area (Å²) >= 11 is 7.76. The number of halogens is 1. The third-order valence-electron chi connectivity index (χ3n) is 4.57. The number of anilines is 2. The minimum Gasteiger partial charge on any atom is -0.494 e. The number of aryl methyl sites for hydroxylation is 2. The smallest absolute Gasteiger partial charge is 0.187 e. The number of rotatable bonds is 6. The van der Waals surface area contributed by atoms with Gasteiger partial charge in [0.1, 0.15) is 5.75 Å². The van der Waals surface area contributed by atoms with Crippen LogP contribution in [0.5, 0.6) is 5.75 Å². The zero-order chi connectivity index (χ0) is 20.4. The first kappa shape index (κ1) is 19.5. The molecule has 2 aromatic carbocycles. The molecule has 0 fully saturated rings. The Morgan fingerprint density at radius 3 is 2.76 bits per heavy atom. The molecule has 4 aromatic rings. The molecule has 148 valence electrons. The van der Waals surface area contributed by atoms with Crippen LogP contribution in [0.1, 0.15) is 21.8 Å². The highest BCUT2D eigenvalue weighted by Crippen LogP contribution is 2.32. The van der Waals surface area contributed by atoms with Gasteiger partial charge in [0.15, 0.2) is 5.13 Å². The van der Waals surface area contributed by atoms with Gasteiger partial charge in [-0.2, -0.15) is 0 Å². The van der Waals surface area contributed by atoms with E-state index in [1.54, 1.807) is 24.8 Å². The Hall–Kier alpha value is -2.83. The van der Waals surface area contributed by atoms with Crippen LogP contribution < -0.4 is 10.1 Å². The maximum absolute atomic E-state index is 6.11. The number of nitrogens with one attached hydrogen (secondary N) is 1. The second kappa shape index (κ2) is 8.27. The fourth-order valence-electron chi connectivity index (χ4n) is 3.12. The van der Waals surface area contributed by atoms with Crippen molar-refractivity contribution in [1.29, 1.82) is 0 Å². The average molecular weight is 425 g/mol. The number of ether oxygens (including phenoxy) is 1. The molecule has 5 nitrogen and oxygen atoms in total. The van der Waals surface area contributed by atoms with Gasteiger partial charge in [-0.1, -0.05) is 23.7 Å². The van der Waals surface area contributed by atoms with Crippen LogP contribution in [-0.4, -0.2) is 21.6 Å². The van der Waals surface area contributed by atoms with Crippen LogP contribution in [0.4, 0.5) is 10.8 Å². The van der Waals surface area contributed by atoms with Crippen LogP contribution in [0, 0.1) is 13.8 Å². The van der Waals surface area contributed by atoms with Gasteiger partial charge >= 0.3 is 0 Å². The van der Waals surface area contributed by atoms with Gasteiger partial charge in [0.05, 0.1) is 30.5 Å². The van der Waals surface area contributed by atoms with Gasteiger partial charge in [-0.05, 0) is 43.7 Å². The first-order valence-corrected chi connectivity index (χ1v) is 10.4. The van der Waals surface area contributed by atoms with E-state index in [0.29, 0.717) is 0 Å². The number of hydrogen-bond acceptors (Lipinski definition) is 5. The van der Waals surface area contributed by atoms with Gasteiger partial charge < -0.3 is 14.6 Å². The van der Waals surface area contributed by atoms with Crippen molar-refractivity contribution in [3.63, 3.8) is 0 Å². The number of hydrogen-bond donors (Lipinski definition) is 1. The van der Waals surface area contributed by atoms with E-state index in [4.69, 9.17) is 16.3 Å². The van der Waals surface area contributed by atoms with E-state index in [9.17, 15) is 0 Å². The topological polar surface area (TPSA) is 52.0 Å². The molecule has 0 unspecified atom stereocenters. The maximum atomic E-state index is 6.11. The predicted molar refractivity (Wildman–Crippen MR) is 119 cm³/mol. The van der Waals surface area contributed by atoms with Gasteiger partial charge in [0.25, 0.3) is 0 Å². The predicted octanol–water partition coefficient (Wildman–Crippen LogP) is 5.94. The summed E-state index contributed by atoms with van der Waals surface area (Å²) in [5.41, 5.74) is 5.02. The van der Waals surface area contributed by atoms with Crippen molar-refractivity contribution >= 4 is 33.8 Å². The number of nitrogens with zero attached hydrogens (tertiary/aromatic N) is 3. The van der Waals surface area contributed by atoms with Crippen LogP contribution in [0.25, 0.3) is 5.69 Å². The SMILES string of the molecule is COc1cc(Nc2nc(C)c(Cc3cccc(Cl)c3)s2)ccc1-n1cnc(C)c1. The molecule has 0 bridgehead atoms. The molecule has 0 amide bonds. The molecule has 4 rings (SSSR count). The lowest BCUT2D eigenvalue weighted by Gasteiger charge is -2.11. The molecule has 1 N–H and O–H groups in total. The number of aromatic nitrogens is 3. The van der Waals surface area contributed by atoms with Gasteiger partial charge in [0, 0.05) is 34.3 Å². The van der Waals surface area contributed by atoms with Crippen LogP contribution in [0.2, 0.25) is 5.02 Å². The van der Waals surface area contributed by atoms with E-state index in [2.05, 4.69) is 21.4 Å². The Morgan fingerprint density at radius 2 is 2.03 bits per heavy atom. The van der Waals surface area contributed by atoms with E-state index in [1.165, 1.54) is 10.4 Å². The second-order valence-corrected chi connectivity index (χ2v) is 8.29. The minimum absolute atomic E-state index is 0.753. The average Bonchev–Trinajstić information content (AvgIpc) is 3.27. The molecule has 0 aliphatic heterocycles. The highest BCUT2D eigenvalue weighted by Gasteiger charge is 2.11. The summed E-state index contributed by atoms with van der Waals surface area (Å²) in [4.78, 5) is 10.2. The summed E-state index contributed by atoms with van der Waals surface area (Å²) in [6.45, 7) is 4.00. The molecule has 0 saturated carbocycles. The third-order valence-corrected chi connectivity index (χ3v) is 5.88. The molecule has 2 heterocycles. The van der Waals surface area contributed by atoms with Crippen LogP contribution in [0.15, 0.2) is 55.0 Å². The lowest BCUT2D eigenvalue weighted by atomic mass is 10.1. The summed E-state index contributed by atoms with van der Waals surface area (Å²) in [6, 6.07) is 13.9. The van der Waals surface area contributed by atoms with E-state index in [-0.39, 0.29) is 0 Å². The van der Waals surface area contributed by atoms with Crippen LogP contribution in [-0.2, 0) is 6.42 Å². The van der Waals surface area contributed by atoms with E-state index < -0.39 is 0 Å². The molecule has 0 atom stereocenters. The highest BCUT2D eigenvalue weighted by atomic mass is 35.5. The fourth-order valence-corrected chi connectivity index (χ4v) is 4.35. The van der Waals surface area contributed by atoms with Crippen LogP contribution in [0.3, 0.4) is 0 Å². The Kier molecular flexibility index (Phi) is 5.56. The second-order valence-electron chi connectivity index (χ2n) is 6.77. The summed E-state index contributed by atoms with van der Waals surface area (Å²) in [6.07, 6.45) is 4.57. The summed E-state index contributed by atoms with van der Waals surface area (Å²) in [5.74, 6) is 0.764. The van der Waals surface area contributed by atoms with Gasteiger partial charge in [-0.25, -0.2) is 9.97 Å². The number of benzene rings is 2. The summed E-state index contributed by atoms with van der Waals surface area (Å²) in [7, 11) is 1.67. The molecular formula is C22H21ClN4OS.